The first kappa shape index (κ1) is 27.3. The molecule has 0 bridgehead atoms. The van der Waals surface area contributed by atoms with Crippen LogP contribution in [0.4, 0.5) is 11.4 Å². The highest BCUT2D eigenvalue weighted by molar-refractivity contribution is 6.19. The number of pyridine rings is 2. The van der Waals surface area contributed by atoms with Gasteiger partial charge in [0.1, 0.15) is 11.0 Å². The Bertz CT molecular complexity index is 1650. The highest BCUT2D eigenvalue weighted by atomic mass is 16.3. The average Bonchev–Trinajstić information content (AvgIpc) is 3.41. The summed E-state index contributed by atoms with van der Waals surface area (Å²) in [6.07, 6.45) is 5.18. The maximum atomic E-state index is 13.3. The molecule has 9 nitrogen and oxygen atoms in total. The number of nitrogens with one attached hydrogen (secondary N) is 1. The number of fused-ring (bicyclic) bond motifs is 2. The van der Waals surface area contributed by atoms with Crippen LogP contribution in [0.3, 0.4) is 0 Å². The molecular formula is C31H35N5O4. The smallest absolute Gasteiger partial charge is 0.261 e. The fourth-order valence-corrected chi connectivity index (χ4v) is 5.24. The number of hydrogen-bond acceptors (Lipinski definition) is 6. The molecule has 2 amide bonds. The van der Waals surface area contributed by atoms with E-state index in [1.165, 1.54) is 0 Å². The van der Waals surface area contributed by atoms with E-state index in [9.17, 15) is 14.4 Å². The normalized spacial score (nSPS) is 14.9. The molecule has 1 aliphatic rings. The highest BCUT2D eigenvalue weighted by Gasteiger charge is 2.42. The lowest BCUT2D eigenvalue weighted by atomic mass is 9.91. The number of hydrogen-bond donors (Lipinski definition) is 1. The van der Waals surface area contributed by atoms with E-state index in [2.05, 4.69) is 21.3 Å². The molecular weight excluding hydrogens is 506 g/mol. The first-order chi connectivity index (χ1) is 19.1. The minimum absolute atomic E-state index is 0.0765. The van der Waals surface area contributed by atoms with Crippen molar-refractivity contribution in [1.29, 1.82) is 0 Å². The SMILES string of the molecule is CCN1C(=O)C(C)(C)C(=O)Nc2ccc(CN(CCn3cc(C)c4occc4c3=O)Cc3cccnc3C)cc21. The van der Waals surface area contributed by atoms with Gasteiger partial charge >= 0.3 is 0 Å². The predicted molar refractivity (Wildman–Crippen MR) is 155 cm³/mol. The van der Waals surface area contributed by atoms with Gasteiger partial charge in [0.2, 0.25) is 11.8 Å². The molecule has 0 fully saturated rings. The summed E-state index contributed by atoms with van der Waals surface area (Å²) < 4.78 is 7.23. The van der Waals surface area contributed by atoms with Crippen LogP contribution in [-0.4, -0.2) is 39.4 Å². The summed E-state index contributed by atoms with van der Waals surface area (Å²) in [6.45, 7) is 11.9. The van der Waals surface area contributed by atoms with Crippen LogP contribution in [0, 0.1) is 19.3 Å². The van der Waals surface area contributed by atoms with Crippen molar-refractivity contribution in [1.82, 2.24) is 14.5 Å². The van der Waals surface area contributed by atoms with E-state index in [0.717, 1.165) is 22.4 Å². The molecule has 0 radical (unpaired) electrons. The fourth-order valence-electron chi connectivity index (χ4n) is 5.24. The van der Waals surface area contributed by atoms with Crippen LogP contribution in [-0.2, 0) is 29.2 Å². The first-order valence-corrected chi connectivity index (χ1v) is 13.6. The Morgan fingerprint density at radius 1 is 1.07 bits per heavy atom. The number of carbonyl (C=O) groups excluding carboxylic acids is 2. The van der Waals surface area contributed by atoms with Gasteiger partial charge in [-0.3, -0.25) is 24.3 Å². The Morgan fingerprint density at radius 3 is 2.62 bits per heavy atom. The molecule has 0 saturated carbocycles. The number of anilines is 2. The van der Waals surface area contributed by atoms with Crippen LogP contribution in [0.1, 0.15) is 43.2 Å². The van der Waals surface area contributed by atoms with Gasteiger partial charge in [-0.25, -0.2) is 0 Å². The average molecular weight is 542 g/mol. The van der Waals surface area contributed by atoms with Crippen LogP contribution >= 0.6 is 0 Å². The van der Waals surface area contributed by atoms with E-state index < -0.39 is 5.41 Å². The number of rotatable bonds is 8. The topological polar surface area (TPSA) is 101 Å². The number of amides is 2. The summed E-state index contributed by atoms with van der Waals surface area (Å²) in [5.74, 6) is -0.540. The third kappa shape index (κ3) is 5.04. The zero-order valence-electron chi connectivity index (χ0n) is 23.7. The van der Waals surface area contributed by atoms with Crippen molar-refractivity contribution in [3.8, 4) is 0 Å². The van der Waals surface area contributed by atoms with E-state index >= 15 is 0 Å². The third-order valence-electron chi connectivity index (χ3n) is 7.70. The van der Waals surface area contributed by atoms with Gasteiger partial charge in [0.15, 0.2) is 0 Å². The fraction of sp³-hybridized carbons (Fsp3) is 0.355. The molecule has 9 heteroatoms. The monoisotopic (exact) mass is 541 g/mol. The Labute approximate surface area is 233 Å². The minimum Gasteiger partial charge on any atom is -0.464 e. The third-order valence-corrected chi connectivity index (χ3v) is 7.70. The molecule has 0 atom stereocenters. The molecule has 1 N–H and O–H groups in total. The Hall–Kier alpha value is -4.24. The summed E-state index contributed by atoms with van der Waals surface area (Å²) in [6, 6.07) is 11.5. The molecule has 4 heterocycles. The quantitative estimate of drug-likeness (QED) is 0.326. The van der Waals surface area contributed by atoms with Gasteiger partial charge < -0.3 is 19.2 Å². The molecule has 0 aliphatic carbocycles. The standard InChI is InChI=1S/C31H35N5O4/c1-6-36-26-16-22(9-10-25(26)33-29(38)31(4,5)30(36)39)18-34(19-23-8-7-12-32-21(23)3)13-14-35-17-20(2)27-24(28(35)37)11-15-40-27/h7-12,15-17H,6,13-14,18-19H2,1-5H3,(H,33,38). The van der Waals surface area contributed by atoms with Crippen molar-refractivity contribution in [2.75, 3.05) is 23.3 Å². The van der Waals surface area contributed by atoms with E-state index in [0.29, 0.717) is 55.1 Å². The number of carbonyl (C=O) groups is 2. The Kier molecular flexibility index (Phi) is 7.33. The minimum atomic E-state index is -1.17. The zero-order valence-corrected chi connectivity index (χ0v) is 23.7. The number of aryl methyl sites for hydroxylation is 2. The predicted octanol–water partition coefficient (Wildman–Crippen LogP) is 4.64. The van der Waals surface area contributed by atoms with Crippen molar-refractivity contribution >= 4 is 34.2 Å². The maximum absolute atomic E-state index is 13.3. The number of aromatic nitrogens is 2. The summed E-state index contributed by atoms with van der Waals surface area (Å²) in [5, 5.41) is 3.52. The highest BCUT2D eigenvalue weighted by Crippen LogP contribution is 2.36. The van der Waals surface area contributed by atoms with Gasteiger partial charge in [-0.15, -0.1) is 0 Å². The van der Waals surface area contributed by atoms with Gasteiger partial charge in [-0.1, -0.05) is 12.1 Å². The number of furan rings is 1. The molecule has 40 heavy (non-hydrogen) atoms. The van der Waals surface area contributed by atoms with Gasteiger partial charge in [-0.2, -0.15) is 0 Å². The van der Waals surface area contributed by atoms with E-state index in [1.807, 2.05) is 51.2 Å². The lowest BCUT2D eigenvalue weighted by molar-refractivity contribution is -0.136. The summed E-state index contributed by atoms with van der Waals surface area (Å²) in [5.41, 5.74) is 4.66. The number of benzene rings is 1. The van der Waals surface area contributed by atoms with Crippen molar-refractivity contribution in [2.24, 2.45) is 5.41 Å². The lowest BCUT2D eigenvalue weighted by Crippen LogP contribution is -2.45. The van der Waals surface area contributed by atoms with Crippen LogP contribution in [0.25, 0.3) is 11.0 Å². The summed E-state index contributed by atoms with van der Waals surface area (Å²) in [4.78, 5) is 47.6. The Morgan fingerprint density at radius 2 is 1.88 bits per heavy atom. The van der Waals surface area contributed by atoms with Gasteiger partial charge in [0.25, 0.3) is 5.56 Å². The van der Waals surface area contributed by atoms with Gasteiger partial charge in [-0.05, 0) is 70.0 Å². The molecule has 208 valence electrons. The molecule has 1 aromatic carbocycles. The van der Waals surface area contributed by atoms with Crippen LogP contribution < -0.4 is 15.8 Å². The second kappa shape index (κ2) is 10.7. The lowest BCUT2D eigenvalue weighted by Gasteiger charge is -2.27. The molecule has 1 aliphatic heterocycles. The first-order valence-electron chi connectivity index (χ1n) is 13.6. The summed E-state index contributed by atoms with van der Waals surface area (Å²) >= 11 is 0. The van der Waals surface area contributed by atoms with Crippen LogP contribution in [0.5, 0.6) is 0 Å². The molecule has 5 rings (SSSR count). The molecule has 4 aromatic rings. The van der Waals surface area contributed by atoms with E-state index in [-0.39, 0.29) is 17.4 Å². The second-order valence-electron chi connectivity index (χ2n) is 10.9. The number of nitrogens with zero attached hydrogens (tertiary/aromatic N) is 4. The van der Waals surface area contributed by atoms with Gasteiger partial charge in [0, 0.05) is 56.4 Å². The molecule has 0 unspecified atom stereocenters. The summed E-state index contributed by atoms with van der Waals surface area (Å²) in [7, 11) is 0. The van der Waals surface area contributed by atoms with Gasteiger partial charge in [0.05, 0.1) is 23.0 Å². The van der Waals surface area contributed by atoms with E-state index in [1.54, 1.807) is 41.8 Å². The Balaban J connectivity index is 1.46. The second-order valence-corrected chi connectivity index (χ2v) is 10.9. The van der Waals surface area contributed by atoms with Crippen LogP contribution in [0.15, 0.2) is 64.3 Å². The molecule has 0 spiro atoms. The van der Waals surface area contributed by atoms with Crippen molar-refractivity contribution < 1.29 is 14.0 Å². The van der Waals surface area contributed by atoms with Crippen molar-refractivity contribution in [3.63, 3.8) is 0 Å². The largest absolute Gasteiger partial charge is 0.464 e. The van der Waals surface area contributed by atoms with E-state index in [4.69, 9.17) is 4.42 Å². The van der Waals surface area contributed by atoms with Crippen molar-refractivity contribution in [3.05, 3.63) is 87.8 Å². The molecule has 0 saturated heterocycles. The molecule has 3 aromatic heterocycles. The zero-order chi connectivity index (χ0) is 28.6. The van der Waals surface area contributed by atoms with Crippen molar-refractivity contribution in [2.45, 2.75) is 54.3 Å². The maximum Gasteiger partial charge on any atom is 0.261 e. The van der Waals surface area contributed by atoms with Crippen LogP contribution in [0.2, 0.25) is 0 Å².